The number of aromatic amines is 1. The zero-order valence-electron chi connectivity index (χ0n) is 8.10. The van der Waals surface area contributed by atoms with E-state index in [1.54, 1.807) is 6.92 Å². The van der Waals surface area contributed by atoms with Gasteiger partial charge in [-0.05, 0) is 11.6 Å². The van der Waals surface area contributed by atoms with E-state index in [4.69, 9.17) is 5.11 Å². The lowest BCUT2D eigenvalue weighted by Gasteiger charge is -2.05. The van der Waals surface area contributed by atoms with Crippen LogP contribution in [0.25, 0.3) is 0 Å². The molecule has 1 heterocycles. The predicted molar refractivity (Wildman–Crippen MR) is 47.9 cm³/mol. The summed E-state index contributed by atoms with van der Waals surface area (Å²) in [7, 11) is 0. The first-order valence-corrected chi connectivity index (χ1v) is 4.35. The first-order chi connectivity index (χ1) is 7.11. The number of tetrazole rings is 1. The van der Waals surface area contributed by atoms with Crippen LogP contribution in [0.15, 0.2) is 0 Å². The van der Waals surface area contributed by atoms with E-state index in [-0.39, 0.29) is 12.4 Å². The minimum absolute atomic E-state index is 0.0574. The topological polar surface area (TPSA) is 121 Å². The Kier molecular flexibility index (Phi) is 3.72. The molecule has 8 nitrogen and oxygen atoms in total. The molecule has 1 aromatic heterocycles. The van der Waals surface area contributed by atoms with Crippen molar-refractivity contribution in [1.82, 2.24) is 25.9 Å². The van der Waals surface area contributed by atoms with Crippen LogP contribution < -0.4 is 5.32 Å². The summed E-state index contributed by atoms with van der Waals surface area (Å²) in [5, 5.41) is 23.4. The van der Waals surface area contributed by atoms with E-state index in [9.17, 15) is 9.59 Å². The summed E-state index contributed by atoms with van der Waals surface area (Å²) in [6.07, 6.45) is 0.360. The Morgan fingerprint density at radius 3 is 2.87 bits per heavy atom. The van der Waals surface area contributed by atoms with Crippen molar-refractivity contribution in [3.63, 3.8) is 0 Å². The average Bonchev–Trinajstić information content (AvgIpc) is 2.70. The summed E-state index contributed by atoms with van der Waals surface area (Å²) in [5.74, 6) is -1.90. The number of aliphatic carboxylic acids is 1. The second kappa shape index (κ2) is 5.03. The van der Waals surface area contributed by atoms with Gasteiger partial charge in [0.15, 0.2) is 0 Å². The van der Waals surface area contributed by atoms with Gasteiger partial charge in [0.1, 0.15) is 0 Å². The van der Waals surface area contributed by atoms with Gasteiger partial charge >= 0.3 is 5.97 Å². The summed E-state index contributed by atoms with van der Waals surface area (Å²) >= 11 is 0. The lowest BCUT2D eigenvalue weighted by atomic mass is 10.1. The minimum atomic E-state index is -0.885. The summed E-state index contributed by atoms with van der Waals surface area (Å²) < 4.78 is 0. The number of carbonyl (C=O) groups is 2. The first-order valence-electron chi connectivity index (χ1n) is 4.35. The maximum Gasteiger partial charge on any atom is 0.306 e. The van der Waals surface area contributed by atoms with Crippen LogP contribution in [0.1, 0.15) is 24.0 Å². The molecule has 0 aliphatic carbocycles. The Morgan fingerprint density at radius 1 is 1.60 bits per heavy atom. The zero-order chi connectivity index (χ0) is 11.3. The van der Waals surface area contributed by atoms with Crippen molar-refractivity contribution in [3.8, 4) is 0 Å². The van der Waals surface area contributed by atoms with Gasteiger partial charge in [-0.3, -0.25) is 9.59 Å². The van der Waals surface area contributed by atoms with Gasteiger partial charge < -0.3 is 10.4 Å². The largest absolute Gasteiger partial charge is 0.481 e. The molecule has 0 radical (unpaired) electrons. The zero-order valence-corrected chi connectivity index (χ0v) is 8.10. The number of aromatic nitrogens is 4. The SMILES string of the molecule is CC(CCNC(=O)c1nn[nH]n1)C(=O)O. The van der Waals surface area contributed by atoms with Crippen LogP contribution in [0.2, 0.25) is 0 Å². The van der Waals surface area contributed by atoms with Gasteiger partial charge in [-0.2, -0.15) is 5.21 Å². The molecule has 82 valence electrons. The van der Waals surface area contributed by atoms with Crippen molar-refractivity contribution in [2.75, 3.05) is 6.54 Å². The highest BCUT2D eigenvalue weighted by molar-refractivity contribution is 5.89. The molecule has 0 fully saturated rings. The van der Waals surface area contributed by atoms with Gasteiger partial charge in [-0.15, -0.1) is 10.2 Å². The van der Waals surface area contributed by atoms with Gasteiger partial charge in [-0.1, -0.05) is 6.92 Å². The summed E-state index contributed by atoms with van der Waals surface area (Å²) in [6.45, 7) is 1.84. The Morgan fingerprint density at radius 2 is 2.33 bits per heavy atom. The molecule has 1 rings (SSSR count). The van der Waals surface area contributed by atoms with Crippen LogP contribution in [-0.4, -0.2) is 44.2 Å². The average molecular weight is 213 g/mol. The molecule has 1 atom stereocenters. The fourth-order valence-corrected chi connectivity index (χ4v) is 0.863. The fraction of sp³-hybridized carbons (Fsp3) is 0.571. The van der Waals surface area contributed by atoms with E-state index in [2.05, 4.69) is 25.9 Å². The number of carboxylic acids is 1. The van der Waals surface area contributed by atoms with E-state index in [1.807, 2.05) is 0 Å². The third-order valence-corrected chi connectivity index (χ3v) is 1.83. The van der Waals surface area contributed by atoms with E-state index in [0.717, 1.165) is 0 Å². The number of H-pyrrole nitrogens is 1. The molecular formula is C7H11N5O3. The molecule has 0 saturated heterocycles. The smallest absolute Gasteiger partial charge is 0.306 e. The van der Waals surface area contributed by atoms with E-state index >= 15 is 0 Å². The second-order valence-corrected chi connectivity index (χ2v) is 3.02. The Bertz CT molecular complexity index is 336. The number of rotatable bonds is 5. The summed E-state index contributed by atoms with van der Waals surface area (Å²) in [5.41, 5.74) is 0. The van der Waals surface area contributed by atoms with Crippen molar-refractivity contribution in [2.45, 2.75) is 13.3 Å². The van der Waals surface area contributed by atoms with Crippen LogP contribution in [0.4, 0.5) is 0 Å². The molecule has 0 saturated carbocycles. The molecule has 1 unspecified atom stereocenters. The van der Waals surface area contributed by atoms with E-state index in [1.165, 1.54) is 0 Å². The van der Waals surface area contributed by atoms with Crippen molar-refractivity contribution in [2.24, 2.45) is 5.92 Å². The van der Waals surface area contributed by atoms with Crippen molar-refractivity contribution < 1.29 is 14.7 Å². The number of carbonyl (C=O) groups excluding carboxylic acids is 1. The second-order valence-electron chi connectivity index (χ2n) is 3.02. The molecule has 3 N–H and O–H groups in total. The Labute approximate surface area is 85.1 Å². The van der Waals surface area contributed by atoms with Crippen LogP contribution in [0, 0.1) is 5.92 Å². The summed E-state index contributed by atoms with van der Waals surface area (Å²) in [4.78, 5) is 21.7. The third kappa shape index (κ3) is 3.33. The molecule has 0 aromatic carbocycles. The monoisotopic (exact) mass is 213 g/mol. The Balaban J connectivity index is 2.27. The highest BCUT2D eigenvalue weighted by Crippen LogP contribution is 1.99. The molecule has 15 heavy (non-hydrogen) atoms. The van der Waals surface area contributed by atoms with Gasteiger partial charge in [-0.25, -0.2) is 0 Å². The van der Waals surface area contributed by atoms with Gasteiger partial charge in [0.2, 0.25) is 0 Å². The minimum Gasteiger partial charge on any atom is -0.481 e. The number of carboxylic acid groups (broad SMARTS) is 1. The van der Waals surface area contributed by atoms with Crippen molar-refractivity contribution in [3.05, 3.63) is 5.82 Å². The lowest BCUT2D eigenvalue weighted by molar-refractivity contribution is -0.141. The highest BCUT2D eigenvalue weighted by atomic mass is 16.4. The van der Waals surface area contributed by atoms with Crippen LogP contribution in [0.3, 0.4) is 0 Å². The molecule has 0 aliphatic heterocycles. The quantitative estimate of drug-likeness (QED) is 0.579. The number of amides is 1. The van der Waals surface area contributed by atoms with E-state index in [0.29, 0.717) is 6.42 Å². The van der Waals surface area contributed by atoms with Crippen LogP contribution in [0.5, 0.6) is 0 Å². The first kappa shape index (κ1) is 11.1. The normalized spacial score (nSPS) is 12.1. The number of hydrogen-bond acceptors (Lipinski definition) is 5. The molecule has 1 amide bonds. The third-order valence-electron chi connectivity index (χ3n) is 1.83. The molecular weight excluding hydrogens is 202 g/mol. The lowest BCUT2D eigenvalue weighted by Crippen LogP contribution is -2.27. The Hall–Kier alpha value is -1.99. The number of nitrogens with zero attached hydrogens (tertiary/aromatic N) is 3. The molecule has 1 aromatic rings. The van der Waals surface area contributed by atoms with Crippen LogP contribution in [-0.2, 0) is 4.79 Å². The molecule has 0 spiro atoms. The maximum atomic E-state index is 11.2. The highest BCUT2D eigenvalue weighted by Gasteiger charge is 2.13. The predicted octanol–water partition coefficient (Wildman–Crippen LogP) is -0.960. The van der Waals surface area contributed by atoms with E-state index < -0.39 is 17.8 Å². The molecule has 0 bridgehead atoms. The molecule has 8 heteroatoms. The van der Waals surface area contributed by atoms with Gasteiger partial charge in [0, 0.05) is 6.54 Å². The molecule has 0 aliphatic rings. The van der Waals surface area contributed by atoms with Crippen molar-refractivity contribution >= 4 is 11.9 Å². The maximum absolute atomic E-state index is 11.2. The fourth-order valence-electron chi connectivity index (χ4n) is 0.863. The standard InChI is InChI=1S/C7H11N5O3/c1-4(7(14)15)2-3-8-6(13)5-9-11-12-10-5/h4H,2-3H2,1H3,(H,8,13)(H,14,15)(H,9,10,11,12). The van der Waals surface area contributed by atoms with Gasteiger partial charge in [0.05, 0.1) is 5.92 Å². The number of nitrogens with one attached hydrogen (secondary N) is 2. The van der Waals surface area contributed by atoms with Crippen molar-refractivity contribution in [1.29, 1.82) is 0 Å². The van der Waals surface area contributed by atoms with Gasteiger partial charge in [0.25, 0.3) is 11.7 Å². The van der Waals surface area contributed by atoms with Crippen LogP contribution >= 0.6 is 0 Å². The summed E-state index contributed by atoms with van der Waals surface area (Å²) in [6, 6.07) is 0. The number of hydrogen-bond donors (Lipinski definition) is 3.